The molecular formula is C20H31N3O2. The van der Waals surface area contributed by atoms with Gasteiger partial charge in [-0.25, -0.2) is 0 Å². The molecule has 0 radical (unpaired) electrons. The Kier molecular flexibility index (Phi) is 6.45. The topological polar surface area (TPSA) is 44.8 Å². The highest BCUT2D eigenvalue weighted by Crippen LogP contribution is 2.28. The van der Waals surface area contributed by atoms with Crippen LogP contribution in [-0.2, 0) is 9.53 Å². The molecule has 0 unspecified atom stereocenters. The third kappa shape index (κ3) is 5.03. The lowest BCUT2D eigenvalue weighted by atomic mass is 9.88. The smallest absolute Gasteiger partial charge is 0.234 e. The average molecular weight is 345 g/mol. The predicted molar refractivity (Wildman–Crippen MR) is 99.4 cm³/mol. The standard InChI is InChI=1S/C20H31N3O2/c1-22(2)18(16-7-4-3-5-8-16)13-21-20(24)15-23-11-10-19-17(14-23)9-6-12-25-19/h3-5,7-8,17-19H,6,9-15H2,1-2H3,(H,21,24)/t17-,18-,19-/m1/s1. The fourth-order valence-electron chi connectivity index (χ4n) is 4.05. The van der Waals surface area contributed by atoms with Gasteiger partial charge < -0.3 is 15.0 Å². The van der Waals surface area contributed by atoms with Crippen molar-refractivity contribution in [3.05, 3.63) is 35.9 Å². The maximum atomic E-state index is 12.4. The van der Waals surface area contributed by atoms with E-state index in [1.807, 2.05) is 18.2 Å². The maximum Gasteiger partial charge on any atom is 0.234 e. The van der Waals surface area contributed by atoms with Gasteiger partial charge in [0.15, 0.2) is 0 Å². The third-order valence-corrected chi connectivity index (χ3v) is 5.47. The number of carbonyl (C=O) groups is 1. The van der Waals surface area contributed by atoms with E-state index in [-0.39, 0.29) is 11.9 Å². The van der Waals surface area contributed by atoms with Crippen LogP contribution in [0.3, 0.4) is 0 Å². The van der Waals surface area contributed by atoms with E-state index in [0.29, 0.717) is 25.1 Å². The van der Waals surface area contributed by atoms with Crippen LogP contribution in [0.4, 0.5) is 0 Å². The number of hydrogen-bond donors (Lipinski definition) is 1. The molecule has 3 atom stereocenters. The molecule has 1 amide bonds. The van der Waals surface area contributed by atoms with Crippen LogP contribution in [0.5, 0.6) is 0 Å². The second-order valence-electron chi connectivity index (χ2n) is 7.53. The summed E-state index contributed by atoms with van der Waals surface area (Å²) in [5.74, 6) is 0.729. The first-order chi connectivity index (χ1) is 12.1. The van der Waals surface area contributed by atoms with Crippen LogP contribution in [0.25, 0.3) is 0 Å². The van der Waals surface area contributed by atoms with Crippen LogP contribution in [0.15, 0.2) is 30.3 Å². The molecule has 1 aromatic carbocycles. The first kappa shape index (κ1) is 18.4. The highest BCUT2D eigenvalue weighted by molar-refractivity contribution is 5.78. The average Bonchev–Trinajstić information content (AvgIpc) is 2.62. The Balaban J connectivity index is 1.47. The summed E-state index contributed by atoms with van der Waals surface area (Å²) in [5.41, 5.74) is 1.23. The highest BCUT2D eigenvalue weighted by atomic mass is 16.5. The van der Waals surface area contributed by atoms with E-state index in [1.54, 1.807) is 0 Å². The maximum absolute atomic E-state index is 12.4. The monoisotopic (exact) mass is 345 g/mol. The lowest BCUT2D eigenvalue weighted by molar-refractivity contribution is -0.124. The van der Waals surface area contributed by atoms with Crippen molar-refractivity contribution < 1.29 is 9.53 Å². The fraction of sp³-hybridized carbons (Fsp3) is 0.650. The number of nitrogens with zero attached hydrogens (tertiary/aromatic N) is 2. The molecule has 0 spiro atoms. The molecule has 0 bridgehead atoms. The second-order valence-corrected chi connectivity index (χ2v) is 7.53. The van der Waals surface area contributed by atoms with E-state index < -0.39 is 0 Å². The van der Waals surface area contributed by atoms with Crippen molar-refractivity contribution in [3.63, 3.8) is 0 Å². The first-order valence-corrected chi connectivity index (χ1v) is 9.45. The molecule has 2 aliphatic rings. The van der Waals surface area contributed by atoms with Gasteiger partial charge in [-0.05, 0) is 44.8 Å². The van der Waals surface area contributed by atoms with E-state index in [4.69, 9.17) is 4.74 Å². The van der Waals surface area contributed by atoms with Gasteiger partial charge in [0.2, 0.25) is 5.91 Å². The van der Waals surface area contributed by atoms with Gasteiger partial charge in [-0.2, -0.15) is 0 Å². The molecule has 0 aromatic heterocycles. The zero-order valence-electron chi connectivity index (χ0n) is 15.5. The first-order valence-electron chi connectivity index (χ1n) is 9.45. The number of benzene rings is 1. The molecule has 25 heavy (non-hydrogen) atoms. The van der Waals surface area contributed by atoms with Gasteiger partial charge in [0.1, 0.15) is 0 Å². The van der Waals surface area contributed by atoms with Gasteiger partial charge in [0.25, 0.3) is 0 Å². The van der Waals surface area contributed by atoms with Gasteiger partial charge in [-0.15, -0.1) is 0 Å². The van der Waals surface area contributed by atoms with E-state index in [0.717, 1.165) is 32.5 Å². The predicted octanol–water partition coefficient (Wildman–Crippen LogP) is 1.91. The van der Waals surface area contributed by atoms with Crippen LogP contribution in [0, 0.1) is 5.92 Å². The Bertz CT molecular complexity index is 549. The summed E-state index contributed by atoms with van der Waals surface area (Å²) in [6.45, 7) is 4.00. The summed E-state index contributed by atoms with van der Waals surface area (Å²) in [6.07, 6.45) is 3.87. The normalized spacial score (nSPS) is 25.4. The number of ether oxygens (including phenoxy) is 1. The number of piperidine rings is 1. The summed E-state index contributed by atoms with van der Waals surface area (Å²) < 4.78 is 5.86. The summed E-state index contributed by atoms with van der Waals surface area (Å²) in [7, 11) is 4.11. The Morgan fingerprint density at radius 3 is 2.88 bits per heavy atom. The quantitative estimate of drug-likeness (QED) is 0.855. The van der Waals surface area contributed by atoms with Crippen molar-refractivity contribution in [1.29, 1.82) is 0 Å². The van der Waals surface area contributed by atoms with Crippen molar-refractivity contribution in [3.8, 4) is 0 Å². The summed E-state index contributed by atoms with van der Waals surface area (Å²) >= 11 is 0. The van der Waals surface area contributed by atoms with Gasteiger partial charge in [0, 0.05) is 26.2 Å². The highest BCUT2D eigenvalue weighted by Gasteiger charge is 2.32. The van der Waals surface area contributed by atoms with Crippen molar-refractivity contribution in [2.75, 3.05) is 46.9 Å². The Morgan fingerprint density at radius 1 is 1.32 bits per heavy atom. The van der Waals surface area contributed by atoms with Gasteiger partial charge in [-0.1, -0.05) is 30.3 Å². The minimum atomic E-state index is 0.123. The Morgan fingerprint density at radius 2 is 2.12 bits per heavy atom. The largest absolute Gasteiger partial charge is 0.378 e. The summed E-state index contributed by atoms with van der Waals surface area (Å²) in [4.78, 5) is 16.9. The number of nitrogens with one attached hydrogen (secondary N) is 1. The lowest BCUT2D eigenvalue weighted by Crippen LogP contribution is -2.49. The number of hydrogen-bond acceptors (Lipinski definition) is 4. The van der Waals surface area contributed by atoms with E-state index in [1.165, 1.54) is 12.0 Å². The number of fused-ring (bicyclic) bond motifs is 1. The van der Waals surface area contributed by atoms with Crippen LogP contribution < -0.4 is 5.32 Å². The molecule has 0 saturated carbocycles. The van der Waals surface area contributed by atoms with E-state index in [2.05, 4.69) is 41.3 Å². The molecule has 2 aliphatic heterocycles. The molecule has 138 valence electrons. The van der Waals surface area contributed by atoms with Gasteiger partial charge >= 0.3 is 0 Å². The Hall–Kier alpha value is -1.43. The third-order valence-electron chi connectivity index (χ3n) is 5.47. The molecule has 5 heteroatoms. The molecule has 1 aromatic rings. The minimum absolute atomic E-state index is 0.123. The minimum Gasteiger partial charge on any atom is -0.378 e. The number of likely N-dealkylation sites (tertiary alicyclic amines) is 1. The number of likely N-dealkylation sites (N-methyl/N-ethyl adjacent to an activating group) is 1. The molecule has 2 fully saturated rings. The Labute approximate surface area is 151 Å². The van der Waals surface area contributed by atoms with Crippen LogP contribution in [0.1, 0.15) is 30.9 Å². The van der Waals surface area contributed by atoms with E-state index >= 15 is 0 Å². The van der Waals surface area contributed by atoms with Gasteiger partial charge in [-0.3, -0.25) is 9.69 Å². The van der Waals surface area contributed by atoms with Crippen LogP contribution in [-0.4, -0.2) is 68.7 Å². The molecule has 1 N–H and O–H groups in total. The van der Waals surface area contributed by atoms with Crippen molar-refractivity contribution in [2.24, 2.45) is 5.92 Å². The summed E-state index contributed by atoms with van der Waals surface area (Å²) in [6, 6.07) is 10.5. The lowest BCUT2D eigenvalue weighted by Gasteiger charge is -2.40. The van der Waals surface area contributed by atoms with E-state index in [9.17, 15) is 4.79 Å². The van der Waals surface area contributed by atoms with Crippen LogP contribution >= 0.6 is 0 Å². The number of carbonyl (C=O) groups excluding carboxylic acids is 1. The number of rotatable bonds is 6. The SMILES string of the molecule is CN(C)[C@H](CNC(=O)CN1CC[C@H]2OCCC[C@@H]2C1)c1ccccc1. The molecule has 2 saturated heterocycles. The zero-order chi connectivity index (χ0) is 17.6. The molecule has 0 aliphatic carbocycles. The molecular weight excluding hydrogens is 314 g/mol. The van der Waals surface area contributed by atoms with Crippen LogP contribution in [0.2, 0.25) is 0 Å². The number of amides is 1. The fourth-order valence-corrected chi connectivity index (χ4v) is 4.05. The molecule has 3 rings (SSSR count). The second kappa shape index (κ2) is 8.79. The van der Waals surface area contributed by atoms with Crippen molar-refractivity contribution >= 4 is 5.91 Å². The summed E-state index contributed by atoms with van der Waals surface area (Å²) in [5, 5.41) is 3.13. The van der Waals surface area contributed by atoms with Crippen molar-refractivity contribution in [2.45, 2.75) is 31.4 Å². The molecule has 2 heterocycles. The van der Waals surface area contributed by atoms with Gasteiger partial charge in [0.05, 0.1) is 18.7 Å². The molecule has 5 nitrogen and oxygen atoms in total. The zero-order valence-corrected chi connectivity index (χ0v) is 15.5. The van der Waals surface area contributed by atoms with Crippen molar-refractivity contribution in [1.82, 2.24) is 15.1 Å².